The van der Waals surface area contributed by atoms with E-state index in [1.54, 1.807) is 17.7 Å². The highest BCUT2D eigenvalue weighted by molar-refractivity contribution is 7.09. The maximum absolute atomic E-state index is 5.91. The molecule has 1 aliphatic rings. The fourth-order valence-corrected chi connectivity index (χ4v) is 3.74. The normalized spacial score (nSPS) is 20.1. The third kappa shape index (κ3) is 3.79. The van der Waals surface area contributed by atoms with Crippen LogP contribution in [0.2, 0.25) is 0 Å². The van der Waals surface area contributed by atoms with Gasteiger partial charge in [-0.15, -0.1) is 21.5 Å². The van der Waals surface area contributed by atoms with Crippen LogP contribution in [0.25, 0.3) is 0 Å². The summed E-state index contributed by atoms with van der Waals surface area (Å²) in [6.45, 7) is 12.9. The van der Waals surface area contributed by atoms with E-state index in [9.17, 15) is 0 Å². The first-order chi connectivity index (χ1) is 11.0. The van der Waals surface area contributed by atoms with E-state index in [-0.39, 0.29) is 11.5 Å². The van der Waals surface area contributed by atoms with Gasteiger partial charge in [0.1, 0.15) is 17.4 Å². The zero-order valence-electron chi connectivity index (χ0n) is 14.3. The molecule has 0 radical (unpaired) electrons. The molecule has 0 saturated carbocycles. The third-order valence-electron chi connectivity index (χ3n) is 4.10. The Morgan fingerprint density at radius 1 is 1.39 bits per heavy atom. The van der Waals surface area contributed by atoms with E-state index in [4.69, 9.17) is 9.72 Å². The number of aryl methyl sites for hydroxylation is 1. The maximum Gasteiger partial charge on any atom is 0.163 e. The van der Waals surface area contributed by atoms with Gasteiger partial charge in [-0.05, 0) is 6.92 Å². The van der Waals surface area contributed by atoms with Gasteiger partial charge in [0.2, 0.25) is 0 Å². The third-order valence-corrected chi connectivity index (χ3v) is 4.94. The molecule has 1 aliphatic heterocycles. The highest BCUT2D eigenvalue weighted by Gasteiger charge is 2.27. The summed E-state index contributed by atoms with van der Waals surface area (Å²) in [5.74, 6) is 0.923. The fourth-order valence-electron chi connectivity index (χ4n) is 2.68. The highest BCUT2D eigenvalue weighted by atomic mass is 32.1. The van der Waals surface area contributed by atoms with Gasteiger partial charge >= 0.3 is 0 Å². The molecule has 0 aliphatic carbocycles. The quantitative estimate of drug-likeness (QED) is 0.860. The number of rotatable bonds is 4. The summed E-state index contributed by atoms with van der Waals surface area (Å²) in [5, 5.41) is 11.6. The zero-order valence-corrected chi connectivity index (χ0v) is 15.1. The smallest absolute Gasteiger partial charge is 0.163 e. The number of aromatic nitrogens is 4. The average Bonchev–Trinajstić information content (AvgIpc) is 3.15. The van der Waals surface area contributed by atoms with E-state index in [0.717, 1.165) is 38.6 Å². The lowest BCUT2D eigenvalue weighted by atomic mass is 9.93. The van der Waals surface area contributed by atoms with Crippen LogP contribution in [0.4, 0.5) is 0 Å². The van der Waals surface area contributed by atoms with Crippen molar-refractivity contribution in [3.63, 3.8) is 0 Å². The molecule has 3 rings (SSSR count). The van der Waals surface area contributed by atoms with Crippen LogP contribution in [0, 0.1) is 0 Å². The van der Waals surface area contributed by atoms with Gasteiger partial charge in [0.05, 0.1) is 18.8 Å². The molecule has 0 aromatic carbocycles. The molecule has 0 bridgehead atoms. The summed E-state index contributed by atoms with van der Waals surface area (Å²) >= 11 is 1.75. The first-order valence-corrected chi connectivity index (χ1v) is 9.02. The van der Waals surface area contributed by atoms with Crippen LogP contribution in [0.5, 0.6) is 0 Å². The highest BCUT2D eigenvalue weighted by Crippen LogP contribution is 2.26. The first kappa shape index (κ1) is 16.5. The maximum atomic E-state index is 5.91. The van der Waals surface area contributed by atoms with Crippen molar-refractivity contribution >= 4 is 11.3 Å². The number of thiazole rings is 1. The van der Waals surface area contributed by atoms with Crippen molar-refractivity contribution in [2.75, 3.05) is 19.7 Å². The molecule has 23 heavy (non-hydrogen) atoms. The Balaban J connectivity index is 1.66. The average molecular weight is 335 g/mol. The Morgan fingerprint density at radius 2 is 2.22 bits per heavy atom. The minimum atomic E-state index is -0.00625. The van der Waals surface area contributed by atoms with Crippen LogP contribution in [-0.4, -0.2) is 44.3 Å². The summed E-state index contributed by atoms with van der Waals surface area (Å²) in [4.78, 5) is 7.20. The summed E-state index contributed by atoms with van der Waals surface area (Å²) in [6.07, 6.45) is 1.77. The largest absolute Gasteiger partial charge is 0.368 e. The Morgan fingerprint density at radius 3 is 2.91 bits per heavy atom. The summed E-state index contributed by atoms with van der Waals surface area (Å²) in [7, 11) is 0. The molecule has 1 unspecified atom stereocenters. The second kappa shape index (κ2) is 6.67. The van der Waals surface area contributed by atoms with Crippen molar-refractivity contribution in [3.8, 4) is 0 Å². The standard InChI is InChI=1S/C16H25N5OS/c1-5-21-11-17-19-15(21)12-8-20(6-7-22-12)9-14-18-13(10-23-14)16(2,3)4/h10-12H,5-9H2,1-4H3. The van der Waals surface area contributed by atoms with E-state index in [0.29, 0.717) is 0 Å². The van der Waals surface area contributed by atoms with Crippen molar-refractivity contribution in [1.29, 1.82) is 0 Å². The topological polar surface area (TPSA) is 56.1 Å². The monoisotopic (exact) mass is 335 g/mol. The molecule has 0 amide bonds. The minimum Gasteiger partial charge on any atom is -0.368 e. The Hall–Kier alpha value is -1.31. The Kier molecular flexibility index (Phi) is 4.79. The van der Waals surface area contributed by atoms with Crippen LogP contribution < -0.4 is 0 Å². The van der Waals surface area contributed by atoms with E-state index < -0.39 is 0 Å². The van der Waals surface area contributed by atoms with Crippen molar-refractivity contribution in [2.45, 2.75) is 52.3 Å². The second-order valence-corrected chi connectivity index (χ2v) is 7.89. The van der Waals surface area contributed by atoms with Gasteiger partial charge in [-0.3, -0.25) is 4.90 Å². The fraction of sp³-hybridized carbons (Fsp3) is 0.688. The Labute approximate surface area is 141 Å². The van der Waals surface area contributed by atoms with E-state index in [1.807, 2.05) is 0 Å². The van der Waals surface area contributed by atoms with Gasteiger partial charge < -0.3 is 9.30 Å². The predicted molar refractivity (Wildman–Crippen MR) is 90.5 cm³/mol. The van der Waals surface area contributed by atoms with Crippen molar-refractivity contribution in [2.24, 2.45) is 0 Å². The van der Waals surface area contributed by atoms with Crippen molar-refractivity contribution in [1.82, 2.24) is 24.6 Å². The van der Waals surface area contributed by atoms with E-state index in [1.165, 1.54) is 10.7 Å². The van der Waals surface area contributed by atoms with Crippen LogP contribution in [-0.2, 0) is 23.2 Å². The molecular weight excluding hydrogens is 310 g/mol. The lowest BCUT2D eigenvalue weighted by Gasteiger charge is -2.31. The summed E-state index contributed by atoms with van der Waals surface area (Å²) in [5.41, 5.74) is 1.29. The van der Waals surface area contributed by atoms with Gasteiger partial charge in [-0.1, -0.05) is 20.8 Å². The van der Waals surface area contributed by atoms with Gasteiger partial charge in [0, 0.05) is 30.4 Å². The molecule has 1 fully saturated rings. The Bertz CT molecular complexity index is 645. The van der Waals surface area contributed by atoms with Gasteiger partial charge in [0.15, 0.2) is 5.82 Å². The second-order valence-electron chi connectivity index (χ2n) is 6.95. The number of ether oxygens (including phenoxy) is 1. The predicted octanol–water partition coefficient (Wildman–Crippen LogP) is 2.63. The van der Waals surface area contributed by atoms with Crippen molar-refractivity contribution < 1.29 is 4.74 Å². The van der Waals surface area contributed by atoms with Crippen LogP contribution in [0.15, 0.2) is 11.7 Å². The molecule has 1 atom stereocenters. The van der Waals surface area contributed by atoms with E-state index >= 15 is 0 Å². The molecule has 1 saturated heterocycles. The SMILES string of the molecule is CCn1cnnc1C1CN(Cc2nc(C(C)(C)C)cs2)CCO1. The van der Waals surface area contributed by atoms with E-state index in [2.05, 4.69) is 52.7 Å². The summed E-state index contributed by atoms with van der Waals surface area (Å²) in [6, 6.07) is 0. The summed E-state index contributed by atoms with van der Waals surface area (Å²) < 4.78 is 7.96. The van der Waals surface area contributed by atoms with Crippen LogP contribution in [0.3, 0.4) is 0 Å². The minimum absolute atomic E-state index is 0.00625. The lowest BCUT2D eigenvalue weighted by molar-refractivity contribution is -0.0389. The van der Waals surface area contributed by atoms with Gasteiger partial charge in [-0.25, -0.2) is 4.98 Å². The molecule has 0 N–H and O–H groups in total. The zero-order chi connectivity index (χ0) is 16.4. The number of hydrogen-bond donors (Lipinski definition) is 0. The first-order valence-electron chi connectivity index (χ1n) is 8.14. The molecule has 0 spiro atoms. The molecule has 3 heterocycles. The van der Waals surface area contributed by atoms with Crippen molar-refractivity contribution in [3.05, 3.63) is 28.2 Å². The van der Waals surface area contributed by atoms with Gasteiger partial charge in [0.25, 0.3) is 0 Å². The number of morpholine rings is 1. The molecule has 126 valence electrons. The number of nitrogens with zero attached hydrogens (tertiary/aromatic N) is 5. The van der Waals surface area contributed by atoms with Crippen LogP contribution >= 0.6 is 11.3 Å². The molecule has 7 heteroatoms. The molecule has 6 nitrogen and oxygen atoms in total. The molecular formula is C16H25N5OS. The van der Waals surface area contributed by atoms with Gasteiger partial charge in [-0.2, -0.15) is 0 Å². The lowest BCUT2D eigenvalue weighted by Crippen LogP contribution is -2.38. The molecule has 2 aromatic heterocycles. The molecule has 2 aromatic rings. The van der Waals surface area contributed by atoms with Crippen LogP contribution in [0.1, 0.15) is 50.3 Å². The number of hydrogen-bond acceptors (Lipinski definition) is 6.